The molecule has 1 heterocycles. The van der Waals surface area contributed by atoms with Gasteiger partial charge < -0.3 is 25.6 Å². The average Bonchev–Trinajstić information content (AvgIpc) is 2.83. The van der Waals surface area contributed by atoms with E-state index in [1.165, 1.54) is 0 Å². The zero-order valence-electron chi connectivity index (χ0n) is 21.1. The highest BCUT2D eigenvalue weighted by molar-refractivity contribution is 6.27. The van der Waals surface area contributed by atoms with Crippen molar-refractivity contribution in [1.82, 2.24) is 15.5 Å². The Hall–Kier alpha value is -2.48. The second-order valence-corrected chi connectivity index (χ2v) is 10.9. The Kier molecular flexibility index (Phi) is 9.27. The molecule has 0 spiro atoms. The molecule has 3 N–H and O–H groups in total. The number of carbonyl (C=O) groups excluding carboxylic acids is 3. The van der Waals surface area contributed by atoms with Crippen LogP contribution in [-0.4, -0.2) is 65.5 Å². The smallest absolute Gasteiger partial charge is 0.407 e. The molecule has 194 valence electrons. The Labute approximate surface area is 213 Å². The van der Waals surface area contributed by atoms with Gasteiger partial charge in [-0.1, -0.05) is 18.2 Å². The van der Waals surface area contributed by atoms with Crippen LogP contribution in [0.4, 0.5) is 10.5 Å². The van der Waals surface area contributed by atoms with Crippen molar-refractivity contribution in [1.29, 1.82) is 0 Å². The summed E-state index contributed by atoms with van der Waals surface area (Å²) in [5.74, 6) is 0.265. The SMILES string of the molecule is CC(C)(C)OC(=O)NC1CCC(Nc2ccccc2)(C(=O)N2CCC(CNC(=O)CCl)CC2)CC1. The van der Waals surface area contributed by atoms with Gasteiger partial charge in [0.15, 0.2) is 0 Å². The first kappa shape index (κ1) is 27.1. The molecule has 0 unspecified atom stereocenters. The number of nitrogens with zero attached hydrogens (tertiary/aromatic N) is 1. The van der Waals surface area contributed by atoms with E-state index < -0.39 is 17.2 Å². The lowest BCUT2D eigenvalue weighted by Crippen LogP contribution is -2.59. The third kappa shape index (κ3) is 8.02. The minimum atomic E-state index is -0.715. The summed E-state index contributed by atoms with van der Waals surface area (Å²) in [6.07, 6.45) is 3.88. The van der Waals surface area contributed by atoms with Crippen LogP contribution in [0.25, 0.3) is 0 Å². The lowest BCUT2D eigenvalue weighted by atomic mass is 9.77. The van der Waals surface area contributed by atoms with E-state index in [-0.39, 0.29) is 23.7 Å². The zero-order chi connectivity index (χ0) is 25.5. The summed E-state index contributed by atoms with van der Waals surface area (Å²) in [4.78, 5) is 39.5. The van der Waals surface area contributed by atoms with Crippen LogP contribution in [0.1, 0.15) is 59.3 Å². The number of likely N-dealkylation sites (tertiary alicyclic amines) is 1. The molecule has 0 radical (unpaired) electrons. The van der Waals surface area contributed by atoms with Crippen LogP contribution in [0.15, 0.2) is 30.3 Å². The van der Waals surface area contributed by atoms with Crippen molar-refractivity contribution in [3.8, 4) is 0 Å². The summed E-state index contributed by atoms with van der Waals surface area (Å²) in [5, 5.41) is 9.38. The molecule has 0 atom stereocenters. The fourth-order valence-electron chi connectivity index (χ4n) is 4.87. The van der Waals surface area contributed by atoms with Crippen LogP contribution in [-0.2, 0) is 14.3 Å². The number of anilines is 1. The third-order valence-corrected chi connectivity index (χ3v) is 6.98. The summed E-state index contributed by atoms with van der Waals surface area (Å²) in [5.41, 5.74) is -0.350. The van der Waals surface area contributed by atoms with E-state index in [4.69, 9.17) is 16.3 Å². The van der Waals surface area contributed by atoms with E-state index in [9.17, 15) is 14.4 Å². The predicted molar refractivity (Wildman–Crippen MR) is 137 cm³/mol. The highest BCUT2D eigenvalue weighted by Gasteiger charge is 2.45. The van der Waals surface area contributed by atoms with Crippen molar-refractivity contribution in [2.24, 2.45) is 5.92 Å². The van der Waals surface area contributed by atoms with Crippen molar-refractivity contribution >= 4 is 35.2 Å². The van der Waals surface area contributed by atoms with Gasteiger partial charge in [0.2, 0.25) is 11.8 Å². The van der Waals surface area contributed by atoms with Gasteiger partial charge in [-0.05, 0) is 77.3 Å². The Bertz CT molecular complexity index is 858. The largest absolute Gasteiger partial charge is 0.444 e. The summed E-state index contributed by atoms with van der Waals surface area (Å²) in [7, 11) is 0. The Morgan fingerprint density at radius 2 is 1.69 bits per heavy atom. The number of alkyl carbamates (subject to hydrolysis) is 1. The van der Waals surface area contributed by atoms with E-state index in [2.05, 4.69) is 16.0 Å². The number of halogens is 1. The van der Waals surface area contributed by atoms with Gasteiger partial charge in [0.05, 0.1) is 0 Å². The molecule has 8 nitrogen and oxygen atoms in total. The maximum Gasteiger partial charge on any atom is 0.407 e. The molecule has 1 saturated carbocycles. The third-order valence-electron chi connectivity index (χ3n) is 6.74. The van der Waals surface area contributed by atoms with E-state index >= 15 is 0 Å². The number of alkyl halides is 1. The monoisotopic (exact) mass is 506 g/mol. The molecule has 1 aromatic rings. The number of amides is 3. The molecular weight excluding hydrogens is 468 g/mol. The maximum atomic E-state index is 13.9. The second kappa shape index (κ2) is 12.0. The zero-order valence-corrected chi connectivity index (χ0v) is 21.8. The number of para-hydroxylation sites is 1. The van der Waals surface area contributed by atoms with Gasteiger partial charge in [-0.2, -0.15) is 0 Å². The standard InChI is InChI=1S/C26H39ClN4O4/c1-25(2,3)35-24(34)29-20-9-13-26(14-10-20,30-21-7-5-4-6-8-21)23(33)31-15-11-19(12-16-31)18-28-22(32)17-27/h4-8,19-20,30H,9-18H2,1-3H3,(H,28,32)(H,29,34). The summed E-state index contributed by atoms with van der Waals surface area (Å²) < 4.78 is 5.41. The number of benzene rings is 1. The van der Waals surface area contributed by atoms with Gasteiger partial charge in [-0.25, -0.2) is 4.79 Å². The topological polar surface area (TPSA) is 99.8 Å². The van der Waals surface area contributed by atoms with E-state index in [0.29, 0.717) is 51.2 Å². The number of piperidine rings is 1. The molecule has 35 heavy (non-hydrogen) atoms. The van der Waals surface area contributed by atoms with Crippen LogP contribution >= 0.6 is 11.6 Å². The number of hydrogen-bond acceptors (Lipinski definition) is 5. The van der Waals surface area contributed by atoms with Crippen molar-refractivity contribution in [3.05, 3.63) is 30.3 Å². The minimum absolute atomic E-state index is 0.0281. The summed E-state index contributed by atoms with van der Waals surface area (Å²) >= 11 is 5.57. The maximum absolute atomic E-state index is 13.9. The lowest BCUT2D eigenvalue weighted by molar-refractivity contribution is -0.139. The molecule has 1 aromatic carbocycles. The number of ether oxygens (including phenoxy) is 1. The van der Waals surface area contributed by atoms with Crippen LogP contribution < -0.4 is 16.0 Å². The molecule has 2 aliphatic rings. The first-order valence-electron chi connectivity index (χ1n) is 12.5. The lowest BCUT2D eigenvalue weighted by Gasteiger charge is -2.44. The van der Waals surface area contributed by atoms with E-state index in [1.807, 2.05) is 56.0 Å². The predicted octanol–water partition coefficient (Wildman–Crippen LogP) is 3.90. The van der Waals surface area contributed by atoms with Crippen LogP contribution in [0.2, 0.25) is 0 Å². The van der Waals surface area contributed by atoms with Gasteiger partial charge in [0.25, 0.3) is 0 Å². The molecule has 1 saturated heterocycles. The molecule has 9 heteroatoms. The quantitative estimate of drug-likeness (QED) is 0.487. The van der Waals surface area contributed by atoms with Crippen molar-refractivity contribution in [2.45, 2.75) is 76.5 Å². The van der Waals surface area contributed by atoms with Crippen molar-refractivity contribution < 1.29 is 19.1 Å². The normalized spacial score (nSPS) is 23.3. The first-order chi connectivity index (χ1) is 16.6. The number of hydrogen-bond donors (Lipinski definition) is 3. The van der Waals surface area contributed by atoms with Gasteiger partial charge in [-0.3, -0.25) is 9.59 Å². The van der Waals surface area contributed by atoms with Crippen molar-refractivity contribution in [3.63, 3.8) is 0 Å². The molecule has 0 bridgehead atoms. The highest BCUT2D eigenvalue weighted by atomic mass is 35.5. The fraction of sp³-hybridized carbons (Fsp3) is 0.654. The van der Waals surface area contributed by atoms with Crippen LogP contribution in [0, 0.1) is 5.92 Å². The van der Waals surface area contributed by atoms with Gasteiger partial charge in [0.1, 0.15) is 17.0 Å². The number of rotatable bonds is 7. The fourth-order valence-corrected chi connectivity index (χ4v) is 4.96. The minimum Gasteiger partial charge on any atom is -0.444 e. The Morgan fingerprint density at radius 3 is 2.26 bits per heavy atom. The van der Waals surface area contributed by atoms with Gasteiger partial charge >= 0.3 is 6.09 Å². The molecule has 1 aliphatic carbocycles. The first-order valence-corrected chi connectivity index (χ1v) is 13.1. The average molecular weight is 507 g/mol. The van der Waals surface area contributed by atoms with E-state index in [0.717, 1.165) is 18.5 Å². The van der Waals surface area contributed by atoms with Crippen molar-refractivity contribution in [2.75, 3.05) is 30.8 Å². The number of carbonyl (C=O) groups is 3. The number of nitrogens with one attached hydrogen (secondary N) is 3. The van der Waals surface area contributed by atoms with Gasteiger partial charge in [0, 0.05) is 31.4 Å². The molecule has 2 fully saturated rings. The molecule has 3 amide bonds. The van der Waals surface area contributed by atoms with E-state index in [1.54, 1.807) is 0 Å². The molecule has 0 aromatic heterocycles. The second-order valence-electron chi connectivity index (χ2n) is 10.7. The summed E-state index contributed by atoms with van der Waals surface area (Å²) in [6.45, 7) is 7.46. The molecule has 3 rings (SSSR count). The van der Waals surface area contributed by atoms with Crippen LogP contribution in [0.5, 0.6) is 0 Å². The van der Waals surface area contributed by atoms with Crippen LogP contribution in [0.3, 0.4) is 0 Å². The molecular formula is C26H39ClN4O4. The Morgan fingerprint density at radius 1 is 1.06 bits per heavy atom. The van der Waals surface area contributed by atoms with Gasteiger partial charge in [-0.15, -0.1) is 11.6 Å². The summed E-state index contributed by atoms with van der Waals surface area (Å²) in [6, 6.07) is 9.79. The molecule has 1 aliphatic heterocycles. The Balaban J connectivity index is 1.63. The highest BCUT2D eigenvalue weighted by Crippen LogP contribution is 2.35.